The Bertz CT molecular complexity index is 1090. The minimum absolute atomic E-state index is 0.0245. The largest absolute Gasteiger partial charge is 0.339 e. The molecule has 8 nitrogen and oxygen atoms in total. The molecule has 0 radical (unpaired) electrons. The molecule has 3 aromatic heterocycles. The van der Waals surface area contributed by atoms with Gasteiger partial charge >= 0.3 is 5.69 Å². The number of H-pyrrole nitrogens is 2. The second kappa shape index (κ2) is 4.10. The van der Waals surface area contributed by atoms with Gasteiger partial charge in [-0.25, -0.2) is 19.7 Å². The molecule has 3 heterocycles. The third-order valence-corrected chi connectivity index (χ3v) is 3.16. The van der Waals surface area contributed by atoms with Crippen molar-refractivity contribution in [2.24, 2.45) is 0 Å². The normalized spacial score (nSPS) is 11.2. The average Bonchev–Trinajstić information content (AvgIpc) is 2.95. The molecular weight excluding hydrogens is 272 g/mol. The molecule has 0 aliphatic carbocycles. The summed E-state index contributed by atoms with van der Waals surface area (Å²) >= 11 is 0. The van der Waals surface area contributed by atoms with Crippen LogP contribution in [0.1, 0.15) is 0 Å². The zero-order chi connectivity index (χ0) is 14.4. The van der Waals surface area contributed by atoms with Crippen LogP contribution in [0.3, 0.4) is 0 Å². The minimum atomic E-state index is -0.630. The van der Waals surface area contributed by atoms with Gasteiger partial charge in [0.2, 0.25) is 5.95 Å². The zero-order valence-electron chi connectivity index (χ0n) is 10.6. The van der Waals surface area contributed by atoms with Crippen molar-refractivity contribution in [2.75, 3.05) is 0 Å². The lowest BCUT2D eigenvalue weighted by Gasteiger charge is -2.03. The molecule has 1 aromatic carbocycles. The van der Waals surface area contributed by atoms with Crippen LogP contribution in [0, 0.1) is 0 Å². The van der Waals surface area contributed by atoms with Gasteiger partial charge < -0.3 is 4.98 Å². The summed E-state index contributed by atoms with van der Waals surface area (Å²) in [5, 5.41) is 0.827. The summed E-state index contributed by atoms with van der Waals surface area (Å²) in [6.45, 7) is 0. The fourth-order valence-electron chi connectivity index (χ4n) is 2.17. The van der Waals surface area contributed by atoms with E-state index in [0.29, 0.717) is 5.52 Å². The molecule has 4 rings (SSSR count). The van der Waals surface area contributed by atoms with Crippen molar-refractivity contribution in [1.29, 1.82) is 0 Å². The highest BCUT2D eigenvalue weighted by Crippen LogP contribution is 2.10. The van der Waals surface area contributed by atoms with Crippen molar-refractivity contribution in [3.05, 3.63) is 57.6 Å². The molecule has 0 amide bonds. The van der Waals surface area contributed by atoms with Gasteiger partial charge in [0.15, 0.2) is 5.65 Å². The van der Waals surface area contributed by atoms with Gasteiger partial charge in [-0.15, -0.1) is 0 Å². The van der Waals surface area contributed by atoms with E-state index in [1.165, 1.54) is 6.33 Å². The fraction of sp³-hybridized carbons (Fsp3) is 0. The van der Waals surface area contributed by atoms with Gasteiger partial charge in [-0.3, -0.25) is 9.78 Å². The molecule has 0 aliphatic heterocycles. The lowest BCUT2D eigenvalue weighted by molar-refractivity contribution is 0.833. The highest BCUT2D eigenvalue weighted by atomic mass is 16.2. The molecule has 0 spiro atoms. The molecule has 0 unspecified atom stereocenters. The SMILES string of the molecule is O=c1[nH]c2nc[nH]c2c(=O)n1-c1ncc2ccccc2n1. The number of imidazole rings is 1. The van der Waals surface area contributed by atoms with Gasteiger partial charge in [0.05, 0.1) is 11.8 Å². The molecule has 4 aromatic rings. The Kier molecular flexibility index (Phi) is 2.25. The van der Waals surface area contributed by atoms with Gasteiger partial charge in [-0.2, -0.15) is 4.57 Å². The molecule has 0 saturated carbocycles. The Morgan fingerprint density at radius 2 is 1.95 bits per heavy atom. The summed E-state index contributed by atoms with van der Waals surface area (Å²) < 4.78 is 0.882. The first-order valence-corrected chi connectivity index (χ1v) is 6.14. The standard InChI is InChI=1S/C13H8N6O2/c20-11-9-10(16-6-15-9)18-13(21)19(11)12-14-5-7-3-1-2-4-8(7)17-12/h1-6H,(H,15,16)(H,18,21). The van der Waals surface area contributed by atoms with Crippen molar-refractivity contribution >= 4 is 22.1 Å². The van der Waals surface area contributed by atoms with E-state index in [9.17, 15) is 9.59 Å². The predicted molar refractivity (Wildman–Crippen MR) is 75.4 cm³/mol. The quantitative estimate of drug-likeness (QED) is 0.522. The molecule has 2 N–H and O–H groups in total. The maximum atomic E-state index is 12.3. The van der Waals surface area contributed by atoms with Gasteiger partial charge in [-0.1, -0.05) is 18.2 Å². The third kappa shape index (κ3) is 1.66. The summed E-state index contributed by atoms with van der Waals surface area (Å²) in [6.07, 6.45) is 2.91. The van der Waals surface area contributed by atoms with E-state index in [1.54, 1.807) is 12.3 Å². The van der Waals surface area contributed by atoms with Gasteiger partial charge in [0.1, 0.15) is 5.52 Å². The Hall–Kier alpha value is -3.29. The lowest BCUT2D eigenvalue weighted by Crippen LogP contribution is -2.34. The highest BCUT2D eigenvalue weighted by molar-refractivity contribution is 5.77. The first kappa shape index (κ1) is 11.5. The van der Waals surface area contributed by atoms with E-state index in [2.05, 4.69) is 24.9 Å². The molecular formula is C13H8N6O2. The molecule has 0 saturated heterocycles. The fourth-order valence-corrected chi connectivity index (χ4v) is 2.17. The number of rotatable bonds is 1. The third-order valence-electron chi connectivity index (χ3n) is 3.16. The number of nitrogens with one attached hydrogen (secondary N) is 2. The molecule has 0 aliphatic rings. The van der Waals surface area contributed by atoms with E-state index in [0.717, 1.165) is 9.95 Å². The number of aromatic amines is 2. The van der Waals surface area contributed by atoms with Crippen LogP contribution in [-0.2, 0) is 0 Å². The number of aromatic nitrogens is 6. The van der Waals surface area contributed by atoms with E-state index >= 15 is 0 Å². The Balaban J connectivity index is 2.08. The van der Waals surface area contributed by atoms with Gasteiger partial charge in [0.25, 0.3) is 5.56 Å². The maximum absolute atomic E-state index is 12.3. The first-order valence-electron chi connectivity index (χ1n) is 6.14. The molecule has 0 fully saturated rings. The molecule has 0 atom stereocenters. The molecule has 102 valence electrons. The summed E-state index contributed by atoms with van der Waals surface area (Å²) in [5.41, 5.74) is -0.108. The maximum Gasteiger partial charge on any atom is 0.337 e. The second-order valence-electron chi connectivity index (χ2n) is 4.43. The van der Waals surface area contributed by atoms with Crippen molar-refractivity contribution in [2.45, 2.75) is 0 Å². The van der Waals surface area contributed by atoms with Crippen LogP contribution in [0.5, 0.6) is 0 Å². The van der Waals surface area contributed by atoms with Gasteiger partial charge in [0, 0.05) is 11.6 Å². The first-order chi connectivity index (χ1) is 10.2. The van der Waals surface area contributed by atoms with Crippen LogP contribution >= 0.6 is 0 Å². The van der Waals surface area contributed by atoms with Crippen molar-refractivity contribution in [1.82, 2.24) is 29.5 Å². The Morgan fingerprint density at radius 1 is 1.10 bits per heavy atom. The number of hydrogen-bond acceptors (Lipinski definition) is 5. The van der Waals surface area contributed by atoms with E-state index in [1.807, 2.05) is 18.2 Å². The topological polar surface area (TPSA) is 109 Å². The Morgan fingerprint density at radius 3 is 2.86 bits per heavy atom. The number of para-hydroxylation sites is 1. The van der Waals surface area contributed by atoms with Crippen LogP contribution in [-0.4, -0.2) is 29.5 Å². The van der Waals surface area contributed by atoms with Crippen LogP contribution in [0.15, 0.2) is 46.4 Å². The van der Waals surface area contributed by atoms with E-state index < -0.39 is 11.2 Å². The minimum Gasteiger partial charge on any atom is -0.339 e. The second-order valence-corrected chi connectivity index (χ2v) is 4.43. The summed E-state index contributed by atoms with van der Waals surface area (Å²) in [5.74, 6) is 0.0245. The van der Waals surface area contributed by atoms with E-state index in [-0.39, 0.29) is 17.1 Å². The van der Waals surface area contributed by atoms with Crippen molar-refractivity contribution in [3.63, 3.8) is 0 Å². The molecule has 21 heavy (non-hydrogen) atoms. The average molecular weight is 280 g/mol. The van der Waals surface area contributed by atoms with E-state index in [4.69, 9.17) is 0 Å². The molecule has 0 bridgehead atoms. The van der Waals surface area contributed by atoms with Crippen molar-refractivity contribution in [3.8, 4) is 5.95 Å². The number of nitrogens with zero attached hydrogens (tertiary/aromatic N) is 4. The zero-order valence-corrected chi connectivity index (χ0v) is 10.6. The molecule has 8 heteroatoms. The van der Waals surface area contributed by atoms with Crippen molar-refractivity contribution < 1.29 is 0 Å². The van der Waals surface area contributed by atoms with Crippen LogP contribution in [0.25, 0.3) is 28.0 Å². The smallest absolute Gasteiger partial charge is 0.337 e. The summed E-state index contributed by atoms with van der Waals surface area (Å²) in [4.78, 5) is 41.8. The number of benzene rings is 1. The van der Waals surface area contributed by atoms with Crippen LogP contribution in [0.2, 0.25) is 0 Å². The monoisotopic (exact) mass is 280 g/mol. The lowest BCUT2D eigenvalue weighted by atomic mass is 10.2. The predicted octanol–water partition coefficient (Wildman–Crippen LogP) is 0.345. The van der Waals surface area contributed by atoms with Crippen LogP contribution < -0.4 is 11.2 Å². The highest BCUT2D eigenvalue weighted by Gasteiger charge is 2.13. The van der Waals surface area contributed by atoms with Crippen LogP contribution in [0.4, 0.5) is 0 Å². The van der Waals surface area contributed by atoms with Gasteiger partial charge in [-0.05, 0) is 6.07 Å². The number of hydrogen-bond donors (Lipinski definition) is 2. The Labute approximate surface area is 116 Å². The summed E-state index contributed by atoms with van der Waals surface area (Å²) in [6, 6.07) is 7.32. The summed E-state index contributed by atoms with van der Waals surface area (Å²) in [7, 11) is 0. The number of fused-ring (bicyclic) bond motifs is 2.